The van der Waals surface area contributed by atoms with Crippen LogP contribution in [0.2, 0.25) is 0 Å². The first-order valence-corrected chi connectivity index (χ1v) is 8.93. The number of hydrogen-bond acceptors (Lipinski definition) is 6. The predicted octanol–water partition coefficient (Wildman–Crippen LogP) is 4.45. The third-order valence-electron chi connectivity index (χ3n) is 3.31. The summed E-state index contributed by atoms with van der Waals surface area (Å²) in [5.41, 5.74) is 0.992. The van der Waals surface area contributed by atoms with Gasteiger partial charge in [0.25, 0.3) is 0 Å². The van der Waals surface area contributed by atoms with Crippen molar-refractivity contribution in [3.8, 4) is 0 Å². The van der Waals surface area contributed by atoms with E-state index in [0.29, 0.717) is 5.82 Å². The number of para-hydroxylation sites is 1. The predicted molar refractivity (Wildman–Crippen MR) is 95.3 cm³/mol. The molecule has 0 unspecified atom stereocenters. The number of thiophene rings is 1. The van der Waals surface area contributed by atoms with Gasteiger partial charge >= 0.3 is 0 Å². The van der Waals surface area contributed by atoms with Gasteiger partial charge in [-0.05, 0) is 29.6 Å². The van der Waals surface area contributed by atoms with Gasteiger partial charge in [-0.1, -0.05) is 18.2 Å². The van der Waals surface area contributed by atoms with Crippen LogP contribution in [0.4, 0.5) is 11.6 Å². The number of nitrogens with one attached hydrogen (secondary N) is 2. The summed E-state index contributed by atoms with van der Waals surface area (Å²) >= 11 is 3.51. The highest BCUT2D eigenvalue weighted by molar-refractivity contribution is 7.98. The van der Waals surface area contributed by atoms with Crippen molar-refractivity contribution in [1.29, 1.82) is 0 Å². The fraction of sp³-hybridized carbons (Fsp3) is 0.0625. The normalized spacial score (nSPS) is 11.0. The van der Waals surface area contributed by atoms with Gasteiger partial charge in [0.2, 0.25) is 0 Å². The Morgan fingerprint density at radius 1 is 1.17 bits per heavy atom. The zero-order valence-electron chi connectivity index (χ0n) is 12.1. The van der Waals surface area contributed by atoms with Crippen LogP contribution < -0.4 is 5.32 Å². The highest BCUT2D eigenvalue weighted by Crippen LogP contribution is 2.27. The summed E-state index contributed by atoms with van der Waals surface area (Å²) < 4.78 is 0. The van der Waals surface area contributed by atoms with Crippen molar-refractivity contribution in [2.45, 2.75) is 10.6 Å². The van der Waals surface area contributed by atoms with Crippen LogP contribution in [0.1, 0.15) is 4.88 Å². The van der Waals surface area contributed by atoms with Gasteiger partial charge in [-0.15, -0.1) is 28.2 Å². The second kappa shape index (κ2) is 6.39. The molecule has 0 spiro atoms. The number of aromatic amines is 1. The summed E-state index contributed by atoms with van der Waals surface area (Å²) in [5.74, 6) is 2.39. The fourth-order valence-electron chi connectivity index (χ4n) is 2.22. The first-order valence-electron chi connectivity index (χ1n) is 7.06. The third-order valence-corrected chi connectivity index (χ3v) is 5.38. The van der Waals surface area contributed by atoms with E-state index >= 15 is 0 Å². The lowest BCUT2D eigenvalue weighted by molar-refractivity contribution is 0.997. The van der Waals surface area contributed by atoms with Crippen LogP contribution in [0.3, 0.4) is 0 Å². The minimum Gasteiger partial charge on any atom is -0.321 e. The van der Waals surface area contributed by atoms with Gasteiger partial charge in [-0.25, -0.2) is 0 Å². The molecular formula is C16H13N5S2. The molecule has 0 atom stereocenters. The second-order valence-electron chi connectivity index (χ2n) is 4.89. The molecule has 0 bridgehead atoms. The Kier molecular flexibility index (Phi) is 3.95. The van der Waals surface area contributed by atoms with E-state index in [0.717, 1.165) is 27.4 Å². The van der Waals surface area contributed by atoms with Crippen LogP contribution >= 0.6 is 23.1 Å². The van der Waals surface area contributed by atoms with Crippen LogP contribution in [0, 0.1) is 0 Å². The molecule has 7 heteroatoms. The molecule has 23 heavy (non-hydrogen) atoms. The summed E-state index contributed by atoms with van der Waals surface area (Å²) in [5, 5.41) is 21.9. The zero-order chi connectivity index (χ0) is 15.5. The SMILES string of the molecule is c1csc(CSc2cnnc(Nc3n[nH]c4ccccc34)c2)c1. The number of rotatable bonds is 5. The molecular weight excluding hydrogens is 326 g/mol. The van der Waals surface area contributed by atoms with E-state index in [2.05, 4.69) is 43.2 Å². The largest absolute Gasteiger partial charge is 0.321 e. The lowest BCUT2D eigenvalue weighted by Crippen LogP contribution is -1.96. The minimum absolute atomic E-state index is 0.693. The molecule has 0 amide bonds. The first-order chi connectivity index (χ1) is 11.4. The molecule has 0 radical (unpaired) electrons. The minimum atomic E-state index is 0.693. The molecule has 2 N–H and O–H groups in total. The van der Waals surface area contributed by atoms with Crippen molar-refractivity contribution in [1.82, 2.24) is 20.4 Å². The lowest BCUT2D eigenvalue weighted by Gasteiger charge is -2.04. The number of anilines is 2. The summed E-state index contributed by atoms with van der Waals surface area (Å²) in [6.45, 7) is 0. The Hall–Kier alpha value is -2.38. The van der Waals surface area contributed by atoms with E-state index in [-0.39, 0.29) is 0 Å². The maximum Gasteiger partial charge on any atom is 0.161 e. The van der Waals surface area contributed by atoms with Crippen LogP contribution in [-0.4, -0.2) is 20.4 Å². The van der Waals surface area contributed by atoms with Crippen LogP contribution in [0.15, 0.2) is 58.9 Å². The number of fused-ring (bicyclic) bond motifs is 1. The first kappa shape index (κ1) is 14.2. The number of benzene rings is 1. The van der Waals surface area contributed by atoms with Gasteiger partial charge in [-0.3, -0.25) is 5.10 Å². The average Bonchev–Trinajstić information content (AvgIpc) is 3.24. The van der Waals surface area contributed by atoms with Gasteiger partial charge in [0.15, 0.2) is 11.6 Å². The van der Waals surface area contributed by atoms with Gasteiger partial charge in [-0.2, -0.15) is 10.2 Å². The van der Waals surface area contributed by atoms with Crippen molar-refractivity contribution in [2.24, 2.45) is 0 Å². The van der Waals surface area contributed by atoms with E-state index in [1.807, 2.05) is 30.3 Å². The van der Waals surface area contributed by atoms with Gasteiger partial charge in [0, 0.05) is 20.9 Å². The molecule has 4 rings (SSSR count). The van der Waals surface area contributed by atoms with Gasteiger partial charge < -0.3 is 5.32 Å². The highest BCUT2D eigenvalue weighted by Gasteiger charge is 2.07. The standard InChI is InChI=1S/C16H13N5S2/c1-2-6-14-13(5-1)16(21-19-14)18-15-8-12(9-17-20-15)23-10-11-4-3-7-22-11/h1-9H,10H2,(H2,18,19,20,21). The number of H-pyrrole nitrogens is 1. The Balaban J connectivity index is 1.52. The van der Waals surface area contributed by atoms with Crippen molar-refractivity contribution >= 4 is 45.6 Å². The van der Waals surface area contributed by atoms with Crippen LogP contribution in [0.25, 0.3) is 10.9 Å². The maximum atomic E-state index is 4.30. The van der Waals surface area contributed by atoms with Gasteiger partial charge in [0.1, 0.15) is 0 Å². The Morgan fingerprint density at radius 2 is 2.13 bits per heavy atom. The summed E-state index contributed by atoms with van der Waals surface area (Å²) in [7, 11) is 0. The summed E-state index contributed by atoms with van der Waals surface area (Å²) in [6.07, 6.45) is 1.78. The fourth-order valence-corrected chi connectivity index (χ4v) is 3.88. The van der Waals surface area contributed by atoms with E-state index in [9.17, 15) is 0 Å². The molecule has 0 saturated heterocycles. The number of aromatic nitrogens is 4. The maximum absolute atomic E-state index is 4.30. The quantitative estimate of drug-likeness (QED) is 0.526. The Morgan fingerprint density at radius 3 is 3.04 bits per heavy atom. The molecule has 3 aromatic heterocycles. The second-order valence-corrected chi connectivity index (χ2v) is 6.97. The topological polar surface area (TPSA) is 66.5 Å². The third kappa shape index (κ3) is 3.20. The Bertz CT molecular complexity index is 917. The van der Waals surface area contributed by atoms with Gasteiger partial charge in [0.05, 0.1) is 11.7 Å². The number of thioether (sulfide) groups is 1. The molecule has 1 aromatic carbocycles. The monoisotopic (exact) mass is 339 g/mol. The molecule has 5 nitrogen and oxygen atoms in total. The molecule has 3 heterocycles. The van der Waals surface area contributed by atoms with Crippen molar-refractivity contribution in [3.05, 3.63) is 58.9 Å². The molecule has 0 aliphatic rings. The lowest BCUT2D eigenvalue weighted by atomic mass is 10.2. The van der Waals surface area contributed by atoms with E-state index in [1.165, 1.54) is 4.88 Å². The molecule has 0 aliphatic heterocycles. The van der Waals surface area contributed by atoms with Crippen molar-refractivity contribution in [2.75, 3.05) is 5.32 Å². The smallest absolute Gasteiger partial charge is 0.161 e. The van der Waals surface area contributed by atoms with E-state index in [1.54, 1.807) is 29.3 Å². The van der Waals surface area contributed by atoms with Crippen LogP contribution in [-0.2, 0) is 5.75 Å². The Labute approximate surface area is 141 Å². The molecule has 114 valence electrons. The molecule has 4 aromatic rings. The van der Waals surface area contributed by atoms with Crippen molar-refractivity contribution in [3.63, 3.8) is 0 Å². The molecule has 0 fully saturated rings. The van der Waals surface area contributed by atoms with Crippen LogP contribution in [0.5, 0.6) is 0 Å². The van der Waals surface area contributed by atoms with E-state index in [4.69, 9.17) is 0 Å². The molecule has 0 saturated carbocycles. The number of hydrogen-bond donors (Lipinski definition) is 2. The molecule has 0 aliphatic carbocycles. The average molecular weight is 339 g/mol. The van der Waals surface area contributed by atoms with E-state index < -0.39 is 0 Å². The summed E-state index contributed by atoms with van der Waals surface area (Å²) in [6, 6.07) is 14.2. The number of nitrogens with zero attached hydrogens (tertiary/aromatic N) is 3. The summed E-state index contributed by atoms with van der Waals surface area (Å²) in [4.78, 5) is 2.43. The van der Waals surface area contributed by atoms with Crippen molar-refractivity contribution < 1.29 is 0 Å². The highest BCUT2D eigenvalue weighted by atomic mass is 32.2. The zero-order valence-corrected chi connectivity index (χ0v) is 13.7.